The minimum absolute atomic E-state index is 0.00611. The highest BCUT2D eigenvalue weighted by Gasteiger charge is 2.32. The Labute approximate surface area is 172 Å². The van der Waals surface area contributed by atoms with Crippen LogP contribution in [0.1, 0.15) is 16.1 Å². The summed E-state index contributed by atoms with van der Waals surface area (Å²) in [6.07, 6.45) is -2.38. The number of carbonyl (C=O) groups excluding carboxylic acids is 1. The molecule has 1 aromatic heterocycles. The maximum absolute atomic E-state index is 13.0. The zero-order chi connectivity index (χ0) is 21.7. The molecule has 0 bridgehead atoms. The fourth-order valence-corrected chi connectivity index (χ4v) is 2.57. The van der Waals surface area contributed by atoms with Gasteiger partial charge in [0.2, 0.25) is 0 Å². The largest absolute Gasteiger partial charge is 0.573 e. The highest BCUT2D eigenvalue weighted by molar-refractivity contribution is 6.30. The molecule has 0 radical (unpaired) electrons. The summed E-state index contributed by atoms with van der Waals surface area (Å²) in [5.74, 6) is -1.79. The summed E-state index contributed by atoms with van der Waals surface area (Å²) in [6, 6.07) is 9.05. The van der Waals surface area contributed by atoms with E-state index in [2.05, 4.69) is 25.3 Å². The summed E-state index contributed by atoms with van der Waals surface area (Å²) in [6.45, 7) is 0.211. The molecule has 0 fully saturated rings. The fraction of sp³-hybridized carbons (Fsp3) is 0.105. The van der Waals surface area contributed by atoms with Gasteiger partial charge in [-0.3, -0.25) is 4.79 Å². The minimum Gasteiger partial charge on any atom is -0.404 e. The molecule has 30 heavy (non-hydrogen) atoms. The first-order valence-electron chi connectivity index (χ1n) is 8.37. The zero-order valence-corrected chi connectivity index (χ0v) is 15.8. The second-order valence-electron chi connectivity index (χ2n) is 5.88. The Hall–Kier alpha value is -3.40. The van der Waals surface area contributed by atoms with Gasteiger partial charge in [0.1, 0.15) is 5.82 Å². The van der Waals surface area contributed by atoms with Crippen molar-refractivity contribution in [2.75, 3.05) is 10.6 Å². The topological polar surface area (TPSA) is 76.1 Å². The van der Waals surface area contributed by atoms with E-state index in [9.17, 15) is 22.4 Å². The van der Waals surface area contributed by atoms with Crippen LogP contribution < -0.4 is 15.4 Å². The van der Waals surface area contributed by atoms with Gasteiger partial charge in [0, 0.05) is 30.0 Å². The SMILES string of the molecule is O=C(Nc1ccc(Cl)cc1OC(F)(F)F)c1nccnc1NCc1ccc(F)cc1. The van der Waals surface area contributed by atoms with E-state index in [-0.39, 0.29) is 28.8 Å². The van der Waals surface area contributed by atoms with Crippen molar-refractivity contribution in [3.05, 3.63) is 77.0 Å². The third-order valence-corrected chi connectivity index (χ3v) is 3.94. The first-order valence-corrected chi connectivity index (χ1v) is 8.75. The zero-order valence-electron chi connectivity index (χ0n) is 15.0. The Bertz CT molecular complexity index is 1050. The van der Waals surface area contributed by atoms with Crippen LogP contribution in [-0.4, -0.2) is 22.2 Å². The van der Waals surface area contributed by atoms with Crippen LogP contribution in [0, 0.1) is 5.82 Å². The van der Waals surface area contributed by atoms with E-state index in [1.165, 1.54) is 36.7 Å². The maximum atomic E-state index is 13.0. The van der Waals surface area contributed by atoms with Gasteiger partial charge in [-0.2, -0.15) is 0 Å². The van der Waals surface area contributed by atoms with Crippen LogP contribution in [0.5, 0.6) is 5.75 Å². The third-order valence-electron chi connectivity index (χ3n) is 3.70. The van der Waals surface area contributed by atoms with Gasteiger partial charge in [-0.15, -0.1) is 13.2 Å². The lowest BCUT2D eigenvalue weighted by Crippen LogP contribution is -2.21. The Kier molecular flexibility index (Phi) is 6.36. The number of nitrogens with zero attached hydrogens (tertiary/aromatic N) is 2. The number of ether oxygens (including phenoxy) is 1. The molecular weight excluding hydrogens is 428 g/mol. The number of hydrogen-bond donors (Lipinski definition) is 2. The summed E-state index contributed by atoms with van der Waals surface area (Å²) in [5.41, 5.74) is 0.302. The molecule has 11 heteroatoms. The van der Waals surface area contributed by atoms with Crippen LogP contribution in [0.4, 0.5) is 29.1 Å². The number of benzene rings is 2. The predicted molar refractivity (Wildman–Crippen MR) is 102 cm³/mol. The molecule has 0 aliphatic rings. The quantitative estimate of drug-likeness (QED) is 0.526. The monoisotopic (exact) mass is 440 g/mol. The van der Waals surface area contributed by atoms with Crippen molar-refractivity contribution < 1.29 is 27.1 Å². The maximum Gasteiger partial charge on any atom is 0.573 e. The van der Waals surface area contributed by atoms with Crippen molar-refractivity contribution in [1.29, 1.82) is 0 Å². The smallest absolute Gasteiger partial charge is 0.404 e. The molecule has 0 saturated carbocycles. The van der Waals surface area contributed by atoms with Crippen molar-refractivity contribution in [2.24, 2.45) is 0 Å². The van der Waals surface area contributed by atoms with Gasteiger partial charge in [-0.05, 0) is 29.8 Å². The Morgan fingerprint density at radius 3 is 2.47 bits per heavy atom. The van der Waals surface area contributed by atoms with Crippen molar-refractivity contribution in [2.45, 2.75) is 12.9 Å². The van der Waals surface area contributed by atoms with Gasteiger partial charge in [0.15, 0.2) is 17.3 Å². The standard InChI is InChI=1S/C19H13ClF4N4O2/c20-12-3-6-14(15(9-12)30-19(22,23)24)28-18(29)16-17(26-8-7-25-16)27-10-11-1-4-13(21)5-2-11/h1-9H,10H2,(H,26,27)(H,28,29). The summed E-state index contributed by atoms with van der Waals surface area (Å²) >= 11 is 5.72. The lowest BCUT2D eigenvalue weighted by molar-refractivity contribution is -0.274. The molecule has 3 rings (SSSR count). The van der Waals surface area contributed by atoms with Gasteiger partial charge in [-0.1, -0.05) is 23.7 Å². The molecule has 1 heterocycles. The Balaban J connectivity index is 1.79. The predicted octanol–water partition coefficient (Wildman–Crippen LogP) is 5.03. The molecule has 156 valence electrons. The minimum atomic E-state index is -4.97. The molecule has 0 aliphatic carbocycles. The van der Waals surface area contributed by atoms with Crippen molar-refractivity contribution >= 4 is 29.0 Å². The van der Waals surface area contributed by atoms with Gasteiger partial charge in [0.05, 0.1) is 5.69 Å². The first kappa shape index (κ1) is 21.3. The van der Waals surface area contributed by atoms with E-state index in [0.717, 1.165) is 6.07 Å². The lowest BCUT2D eigenvalue weighted by atomic mass is 10.2. The highest BCUT2D eigenvalue weighted by Crippen LogP contribution is 2.33. The van der Waals surface area contributed by atoms with Crippen molar-refractivity contribution in [3.63, 3.8) is 0 Å². The molecule has 3 aromatic rings. The average molecular weight is 441 g/mol. The number of hydrogen-bond acceptors (Lipinski definition) is 5. The van der Waals surface area contributed by atoms with Gasteiger partial charge < -0.3 is 15.4 Å². The molecule has 1 amide bonds. The highest BCUT2D eigenvalue weighted by atomic mass is 35.5. The number of halogens is 5. The van der Waals surface area contributed by atoms with Crippen LogP contribution >= 0.6 is 11.6 Å². The molecule has 0 saturated heterocycles. The van der Waals surface area contributed by atoms with E-state index in [1.54, 1.807) is 12.1 Å². The fourth-order valence-electron chi connectivity index (χ4n) is 2.41. The lowest BCUT2D eigenvalue weighted by Gasteiger charge is -2.15. The summed E-state index contributed by atoms with van der Waals surface area (Å²) in [7, 11) is 0. The molecule has 2 aromatic carbocycles. The normalized spacial score (nSPS) is 11.1. The van der Waals surface area contributed by atoms with E-state index in [4.69, 9.17) is 11.6 Å². The molecule has 0 aliphatic heterocycles. The van der Waals surface area contributed by atoms with Crippen LogP contribution in [-0.2, 0) is 6.54 Å². The van der Waals surface area contributed by atoms with Crippen molar-refractivity contribution in [3.8, 4) is 5.75 Å². The van der Waals surface area contributed by atoms with Crippen LogP contribution in [0.15, 0.2) is 54.9 Å². The molecule has 0 spiro atoms. The van der Waals surface area contributed by atoms with E-state index in [1.807, 2.05) is 0 Å². The molecule has 0 unspecified atom stereocenters. The first-order chi connectivity index (χ1) is 14.2. The molecular formula is C19H13ClF4N4O2. The number of rotatable bonds is 6. The number of amides is 1. The van der Waals surface area contributed by atoms with E-state index in [0.29, 0.717) is 5.56 Å². The summed E-state index contributed by atoms with van der Waals surface area (Å²) in [5, 5.41) is 5.19. The number of nitrogens with one attached hydrogen (secondary N) is 2. The van der Waals surface area contributed by atoms with Crippen molar-refractivity contribution in [1.82, 2.24) is 9.97 Å². The Morgan fingerprint density at radius 1 is 1.07 bits per heavy atom. The number of carbonyl (C=O) groups is 1. The third kappa shape index (κ3) is 5.80. The van der Waals surface area contributed by atoms with Gasteiger partial charge in [0.25, 0.3) is 5.91 Å². The number of aromatic nitrogens is 2. The second kappa shape index (κ2) is 8.95. The summed E-state index contributed by atoms with van der Waals surface area (Å²) < 4.78 is 54.8. The molecule has 2 N–H and O–H groups in total. The second-order valence-corrected chi connectivity index (χ2v) is 6.31. The number of alkyl halides is 3. The van der Waals surface area contributed by atoms with Crippen LogP contribution in [0.2, 0.25) is 5.02 Å². The van der Waals surface area contributed by atoms with Gasteiger partial charge >= 0.3 is 6.36 Å². The van der Waals surface area contributed by atoms with Crippen LogP contribution in [0.25, 0.3) is 0 Å². The molecule has 6 nitrogen and oxygen atoms in total. The van der Waals surface area contributed by atoms with E-state index < -0.39 is 23.8 Å². The van der Waals surface area contributed by atoms with Crippen LogP contribution in [0.3, 0.4) is 0 Å². The average Bonchev–Trinajstić information content (AvgIpc) is 2.68. The summed E-state index contributed by atoms with van der Waals surface area (Å²) in [4.78, 5) is 20.6. The van der Waals surface area contributed by atoms with E-state index >= 15 is 0 Å². The molecule has 0 atom stereocenters. The number of anilines is 2. The van der Waals surface area contributed by atoms with Gasteiger partial charge in [-0.25, -0.2) is 14.4 Å². The Morgan fingerprint density at radius 2 is 1.77 bits per heavy atom.